The smallest absolute Gasteiger partial charge is 0.410 e. The Hall–Kier alpha value is -2.87. The van der Waals surface area contributed by atoms with Crippen molar-refractivity contribution in [3.63, 3.8) is 0 Å². The molecule has 0 radical (unpaired) electrons. The van der Waals surface area contributed by atoms with E-state index in [1.165, 1.54) is 4.90 Å². The van der Waals surface area contributed by atoms with Gasteiger partial charge in [0.15, 0.2) is 0 Å². The van der Waals surface area contributed by atoms with Gasteiger partial charge in [0, 0.05) is 13.7 Å². The van der Waals surface area contributed by atoms with Crippen LogP contribution in [0.3, 0.4) is 0 Å². The topological polar surface area (TPSA) is 94.2 Å². The zero-order valence-electron chi connectivity index (χ0n) is 18.9. The minimum Gasteiger partial charge on any atom is -0.460 e. The number of rotatable bonds is 7. The van der Waals surface area contributed by atoms with Crippen LogP contribution in [0.25, 0.3) is 0 Å². The number of carbonyl (C=O) groups excluding carboxylic acids is 3. The first-order valence-corrected chi connectivity index (χ1v) is 10.2. The van der Waals surface area contributed by atoms with Crippen LogP contribution >= 0.6 is 0 Å². The van der Waals surface area contributed by atoms with Gasteiger partial charge in [-0.15, -0.1) is 6.58 Å². The van der Waals surface area contributed by atoms with E-state index in [1.54, 1.807) is 34.0 Å². The Morgan fingerprint density at radius 3 is 2.45 bits per heavy atom. The summed E-state index contributed by atoms with van der Waals surface area (Å²) in [4.78, 5) is 37.8. The van der Waals surface area contributed by atoms with E-state index in [0.29, 0.717) is 19.6 Å². The first-order chi connectivity index (χ1) is 14.7. The second-order valence-corrected chi connectivity index (χ2v) is 7.94. The summed E-state index contributed by atoms with van der Waals surface area (Å²) < 4.78 is 15.0. The Balaban J connectivity index is 0.000000861. The van der Waals surface area contributed by atoms with Crippen LogP contribution < -0.4 is 5.32 Å². The molecule has 31 heavy (non-hydrogen) atoms. The van der Waals surface area contributed by atoms with Gasteiger partial charge in [-0.1, -0.05) is 36.4 Å². The molecule has 1 unspecified atom stereocenters. The molecule has 0 aromatic heterocycles. The maximum atomic E-state index is 12.3. The lowest BCUT2D eigenvalue weighted by atomic mass is 10.2. The van der Waals surface area contributed by atoms with Crippen molar-refractivity contribution in [1.82, 2.24) is 10.2 Å². The van der Waals surface area contributed by atoms with Gasteiger partial charge < -0.3 is 19.5 Å². The van der Waals surface area contributed by atoms with E-state index in [-0.39, 0.29) is 19.1 Å². The largest absolute Gasteiger partial charge is 0.460 e. The van der Waals surface area contributed by atoms with Crippen LogP contribution in [0, 0.1) is 0 Å². The predicted molar refractivity (Wildman–Crippen MR) is 117 cm³/mol. The number of nitrogens with zero attached hydrogens (tertiary/aromatic N) is 1. The van der Waals surface area contributed by atoms with Crippen LogP contribution in [0.1, 0.15) is 39.2 Å². The molecule has 0 spiro atoms. The van der Waals surface area contributed by atoms with Gasteiger partial charge in [-0.25, -0.2) is 4.79 Å². The lowest BCUT2D eigenvalue weighted by Gasteiger charge is -2.27. The summed E-state index contributed by atoms with van der Waals surface area (Å²) in [7, 11) is 1.64. The average Bonchev–Trinajstić information content (AvgIpc) is 3.21. The summed E-state index contributed by atoms with van der Waals surface area (Å²) in [5.74, 6) is -0.894. The highest BCUT2D eigenvalue weighted by atomic mass is 16.6. The molecule has 1 aromatic rings. The van der Waals surface area contributed by atoms with Gasteiger partial charge in [-0.3, -0.25) is 14.5 Å². The molecule has 1 heterocycles. The van der Waals surface area contributed by atoms with Crippen molar-refractivity contribution in [2.75, 3.05) is 26.8 Å². The summed E-state index contributed by atoms with van der Waals surface area (Å²) >= 11 is 0. The molecule has 1 atom stereocenters. The quantitative estimate of drug-likeness (QED) is 0.524. The normalized spacial score (nSPS) is 15.4. The Labute approximate surface area is 184 Å². The fourth-order valence-electron chi connectivity index (χ4n) is 2.76. The number of esters is 1. The van der Waals surface area contributed by atoms with E-state index in [9.17, 15) is 14.4 Å². The van der Waals surface area contributed by atoms with Crippen molar-refractivity contribution >= 4 is 18.0 Å². The van der Waals surface area contributed by atoms with Crippen LogP contribution in [0.2, 0.25) is 0 Å². The molecule has 8 nitrogen and oxygen atoms in total. The minimum absolute atomic E-state index is 0.156. The summed E-state index contributed by atoms with van der Waals surface area (Å²) in [6, 6.07) is 8.68. The van der Waals surface area contributed by atoms with Crippen molar-refractivity contribution in [3.8, 4) is 0 Å². The summed E-state index contributed by atoms with van der Waals surface area (Å²) in [6.45, 7) is 9.80. The number of hydrogen-bond donors (Lipinski definition) is 1. The van der Waals surface area contributed by atoms with Crippen molar-refractivity contribution in [3.05, 3.63) is 48.6 Å². The molecule has 1 N–H and O–H groups in total. The molecule has 1 aliphatic rings. The molecule has 1 fully saturated rings. The van der Waals surface area contributed by atoms with E-state index < -0.39 is 23.7 Å². The fourth-order valence-corrected chi connectivity index (χ4v) is 2.76. The molecular formula is C23H34N2O6. The van der Waals surface area contributed by atoms with Crippen LogP contribution in [-0.4, -0.2) is 61.3 Å². The Morgan fingerprint density at radius 2 is 1.90 bits per heavy atom. The third kappa shape index (κ3) is 10.6. The summed E-state index contributed by atoms with van der Waals surface area (Å²) in [6.07, 6.45) is 2.46. The number of hydrogen-bond acceptors (Lipinski definition) is 6. The van der Waals surface area contributed by atoms with E-state index in [4.69, 9.17) is 9.47 Å². The molecule has 172 valence electrons. The highest BCUT2D eigenvalue weighted by Crippen LogP contribution is 2.20. The molecule has 0 aliphatic carbocycles. The first-order valence-electron chi connectivity index (χ1n) is 10.2. The van der Waals surface area contributed by atoms with Gasteiger partial charge in [0.2, 0.25) is 5.91 Å². The van der Waals surface area contributed by atoms with Crippen LogP contribution in [-0.2, 0) is 30.4 Å². The Kier molecular flexibility index (Phi) is 11.3. The highest BCUT2D eigenvalue weighted by molar-refractivity contribution is 5.88. The molecule has 1 aliphatic heterocycles. The number of benzene rings is 1. The van der Waals surface area contributed by atoms with Crippen molar-refractivity contribution in [2.45, 2.75) is 51.9 Å². The van der Waals surface area contributed by atoms with Crippen molar-refractivity contribution in [1.29, 1.82) is 0 Å². The zero-order valence-corrected chi connectivity index (χ0v) is 18.9. The molecule has 1 saturated heterocycles. The predicted octanol–water partition coefficient (Wildman–Crippen LogP) is 3.06. The van der Waals surface area contributed by atoms with Gasteiger partial charge in [-0.05, 0) is 39.2 Å². The van der Waals surface area contributed by atoms with Gasteiger partial charge in [0.05, 0.1) is 6.61 Å². The molecular weight excluding hydrogens is 400 g/mol. The number of likely N-dealkylation sites (tertiary alicyclic amines) is 1. The Morgan fingerprint density at radius 1 is 1.23 bits per heavy atom. The number of carbonyl (C=O) groups is 3. The summed E-state index contributed by atoms with van der Waals surface area (Å²) in [5.41, 5.74) is 0.251. The van der Waals surface area contributed by atoms with Crippen molar-refractivity contribution in [2.24, 2.45) is 0 Å². The fraction of sp³-hybridized carbons (Fsp3) is 0.522. The number of nitrogens with one attached hydrogen (secondary N) is 1. The minimum atomic E-state index is -0.623. The third-order valence-electron chi connectivity index (χ3n) is 4.12. The first kappa shape index (κ1) is 26.2. The zero-order chi connectivity index (χ0) is 23.3. The molecule has 2 amide bonds. The van der Waals surface area contributed by atoms with E-state index >= 15 is 0 Å². The molecule has 1 aromatic carbocycles. The lowest BCUT2D eigenvalue weighted by Crippen LogP contribution is -2.48. The van der Waals surface area contributed by atoms with E-state index in [1.807, 2.05) is 30.3 Å². The lowest BCUT2D eigenvalue weighted by molar-refractivity contribution is -0.145. The van der Waals surface area contributed by atoms with E-state index in [0.717, 1.165) is 12.0 Å². The van der Waals surface area contributed by atoms with Gasteiger partial charge in [-0.2, -0.15) is 0 Å². The number of ether oxygens (including phenoxy) is 3. The molecule has 2 rings (SSSR count). The van der Waals surface area contributed by atoms with Crippen LogP contribution in [0.4, 0.5) is 4.79 Å². The van der Waals surface area contributed by atoms with Crippen molar-refractivity contribution < 1.29 is 28.6 Å². The standard InChI is InChI=1S/C19H26N2O5.C4H8O/c1-19(2,3)26-18(24)21-11-7-10-15(21)17(23)20-12-16(22)25-13-14-8-5-4-6-9-14;1-3-4-5-2/h4-6,8-9,15H,7,10-13H2,1-3H3,(H,20,23);3H,1,4H2,2H3. The SMILES string of the molecule is C=CCOC.CC(C)(C)OC(=O)N1CCCC1C(=O)NCC(=O)OCc1ccccc1. The van der Waals surface area contributed by atoms with Crippen LogP contribution in [0.5, 0.6) is 0 Å². The number of amides is 2. The molecule has 8 heteroatoms. The molecule has 0 bridgehead atoms. The Bertz CT molecular complexity index is 715. The van der Waals surface area contributed by atoms with E-state index in [2.05, 4.69) is 16.6 Å². The summed E-state index contributed by atoms with van der Waals surface area (Å²) in [5, 5.41) is 2.55. The average molecular weight is 435 g/mol. The van der Waals surface area contributed by atoms with Crippen LogP contribution in [0.15, 0.2) is 43.0 Å². The van der Waals surface area contributed by atoms with Gasteiger partial charge >= 0.3 is 12.1 Å². The second kappa shape index (κ2) is 13.4. The molecule has 0 saturated carbocycles. The van der Waals surface area contributed by atoms with Gasteiger partial charge in [0.1, 0.15) is 24.8 Å². The second-order valence-electron chi connectivity index (χ2n) is 7.94. The van der Waals surface area contributed by atoms with Gasteiger partial charge in [0.25, 0.3) is 0 Å². The maximum absolute atomic E-state index is 12.3. The third-order valence-corrected chi connectivity index (χ3v) is 4.12. The maximum Gasteiger partial charge on any atom is 0.410 e. The highest BCUT2D eigenvalue weighted by Gasteiger charge is 2.36. The monoisotopic (exact) mass is 434 g/mol. The number of methoxy groups -OCH3 is 1.